The second-order valence-electron chi connectivity index (χ2n) is 4.53. The lowest BCUT2D eigenvalue weighted by Gasteiger charge is -2.56. The largest absolute Gasteiger partial charge is 0.296 e. The van der Waals surface area contributed by atoms with Crippen LogP contribution in [0.2, 0.25) is 0 Å². The highest BCUT2D eigenvalue weighted by molar-refractivity contribution is 5.09. The summed E-state index contributed by atoms with van der Waals surface area (Å²) >= 11 is 0. The van der Waals surface area contributed by atoms with E-state index in [1.54, 1.807) is 0 Å². The van der Waals surface area contributed by atoms with E-state index in [9.17, 15) is 0 Å². The molecule has 2 heterocycles. The SMILES string of the molecule is CC1CN[C@@]2(C)NCCN[C@@]2(C)N1. The zero-order valence-corrected chi connectivity index (χ0v) is 8.70. The van der Waals surface area contributed by atoms with Crippen LogP contribution in [0.1, 0.15) is 20.8 Å². The minimum atomic E-state index is -0.0388. The monoisotopic (exact) mass is 184 g/mol. The van der Waals surface area contributed by atoms with E-state index in [0.29, 0.717) is 6.04 Å². The Morgan fingerprint density at radius 1 is 1.00 bits per heavy atom. The van der Waals surface area contributed by atoms with Gasteiger partial charge in [-0.2, -0.15) is 0 Å². The molecule has 2 aliphatic rings. The highest BCUT2D eigenvalue weighted by Crippen LogP contribution is 2.22. The van der Waals surface area contributed by atoms with Crippen LogP contribution in [-0.2, 0) is 0 Å². The van der Waals surface area contributed by atoms with Crippen molar-refractivity contribution in [2.24, 2.45) is 0 Å². The Kier molecular flexibility index (Phi) is 2.11. The first kappa shape index (κ1) is 9.40. The Balaban J connectivity index is 2.20. The molecule has 4 N–H and O–H groups in total. The highest BCUT2D eigenvalue weighted by Gasteiger charge is 2.49. The molecule has 4 nitrogen and oxygen atoms in total. The van der Waals surface area contributed by atoms with E-state index in [0.717, 1.165) is 19.6 Å². The normalized spacial score (nSPS) is 51.5. The molecule has 2 saturated heterocycles. The smallest absolute Gasteiger partial charge is 0.0981 e. The van der Waals surface area contributed by atoms with Crippen molar-refractivity contribution in [1.82, 2.24) is 21.3 Å². The van der Waals surface area contributed by atoms with Crippen LogP contribution < -0.4 is 21.3 Å². The van der Waals surface area contributed by atoms with Crippen molar-refractivity contribution >= 4 is 0 Å². The predicted molar refractivity (Wildman–Crippen MR) is 53.4 cm³/mol. The van der Waals surface area contributed by atoms with E-state index in [-0.39, 0.29) is 11.3 Å². The van der Waals surface area contributed by atoms with Gasteiger partial charge in [-0.05, 0) is 20.8 Å². The molecule has 13 heavy (non-hydrogen) atoms. The third-order valence-electron chi connectivity index (χ3n) is 3.38. The molecule has 2 rings (SSSR count). The molecule has 0 saturated carbocycles. The van der Waals surface area contributed by atoms with E-state index in [4.69, 9.17) is 0 Å². The maximum atomic E-state index is 3.60. The van der Waals surface area contributed by atoms with Gasteiger partial charge in [-0.1, -0.05) is 0 Å². The summed E-state index contributed by atoms with van der Waals surface area (Å²) in [4.78, 5) is 0. The van der Waals surface area contributed by atoms with Gasteiger partial charge in [0.25, 0.3) is 0 Å². The molecule has 0 aromatic heterocycles. The minimum Gasteiger partial charge on any atom is -0.296 e. The van der Waals surface area contributed by atoms with E-state index in [2.05, 4.69) is 42.0 Å². The van der Waals surface area contributed by atoms with Gasteiger partial charge in [0, 0.05) is 25.7 Å². The Labute approximate surface area is 79.8 Å². The molecule has 4 heteroatoms. The maximum absolute atomic E-state index is 3.60. The van der Waals surface area contributed by atoms with Crippen LogP contribution in [0.5, 0.6) is 0 Å². The fraction of sp³-hybridized carbons (Fsp3) is 1.00. The van der Waals surface area contributed by atoms with Crippen LogP contribution in [0.3, 0.4) is 0 Å². The number of hydrogen-bond acceptors (Lipinski definition) is 4. The molecule has 0 amide bonds. The molecule has 1 unspecified atom stereocenters. The van der Waals surface area contributed by atoms with E-state index >= 15 is 0 Å². The Bertz CT molecular complexity index is 208. The topological polar surface area (TPSA) is 48.1 Å². The zero-order valence-electron chi connectivity index (χ0n) is 8.70. The standard InChI is InChI=1S/C9H20N4/c1-7-6-12-8(2)9(3,13-7)11-5-4-10-8/h7,10-13H,4-6H2,1-3H3/t7?,8-,9+/m1/s1. The summed E-state index contributed by atoms with van der Waals surface area (Å²) in [5, 5.41) is 14.2. The molecule has 2 fully saturated rings. The van der Waals surface area contributed by atoms with Crippen molar-refractivity contribution in [3.05, 3.63) is 0 Å². The van der Waals surface area contributed by atoms with Crippen LogP contribution in [0.15, 0.2) is 0 Å². The first-order valence-corrected chi connectivity index (χ1v) is 5.08. The third-order valence-corrected chi connectivity index (χ3v) is 3.38. The second-order valence-corrected chi connectivity index (χ2v) is 4.53. The van der Waals surface area contributed by atoms with Crippen molar-refractivity contribution in [2.75, 3.05) is 19.6 Å². The maximum Gasteiger partial charge on any atom is 0.0981 e. The van der Waals surface area contributed by atoms with Crippen molar-refractivity contribution in [3.63, 3.8) is 0 Å². The van der Waals surface area contributed by atoms with Gasteiger partial charge in [0.15, 0.2) is 0 Å². The molecule has 0 aromatic rings. The van der Waals surface area contributed by atoms with E-state index in [1.807, 2.05) is 0 Å². The molecule has 3 atom stereocenters. The Morgan fingerprint density at radius 2 is 1.62 bits per heavy atom. The van der Waals surface area contributed by atoms with E-state index in [1.165, 1.54) is 0 Å². The van der Waals surface area contributed by atoms with Gasteiger partial charge in [0.1, 0.15) is 0 Å². The van der Waals surface area contributed by atoms with Crippen LogP contribution in [-0.4, -0.2) is 37.0 Å². The van der Waals surface area contributed by atoms with Gasteiger partial charge in [-0.3, -0.25) is 21.3 Å². The van der Waals surface area contributed by atoms with Crippen molar-refractivity contribution in [1.29, 1.82) is 0 Å². The predicted octanol–water partition coefficient (Wildman–Crippen LogP) is -0.807. The summed E-state index contributed by atoms with van der Waals surface area (Å²) in [6, 6.07) is 0.519. The fourth-order valence-corrected chi connectivity index (χ4v) is 2.31. The van der Waals surface area contributed by atoms with Crippen molar-refractivity contribution < 1.29 is 0 Å². The van der Waals surface area contributed by atoms with Crippen LogP contribution in [0.4, 0.5) is 0 Å². The molecular weight excluding hydrogens is 164 g/mol. The van der Waals surface area contributed by atoms with Gasteiger partial charge in [0.2, 0.25) is 0 Å². The summed E-state index contributed by atoms with van der Waals surface area (Å²) in [6.07, 6.45) is 0. The lowest BCUT2D eigenvalue weighted by molar-refractivity contribution is 0.0223. The Hall–Kier alpha value is -0.160. The number of fused-ring (bicyclic) bond motifs is 1. The first-order valence-electron chi connectivity index (χ1n) is 5.08. The van der Waals surface area contributed by atoms with Gasteiger partial charge in [-0.15, -0.1) is 0 Å². The summed E-state index contributed by atoms with van der Waals surface area (Å²) in [6.45, 7) is 9.68. The van der Waals surface area contributed by atoms with Gasteiger partial charge < -0.3 is 0 Å². The molecule has 0 bridgehead atoms. The summed E-state index contributed by atoms with van der Waals surface area (Å²) in [5.74, 6) is 0. The van der Waals surface area contributed by atoms with Crippen molar-refractivity contribution in [2.45, 2.75) is 38.1 Å². The lowest BCUT2D eigenvalue weighted by atomic mass is 9.89. The summed E-state index contributed by atoms with van der Waals surface area (Å²) in [7, 11) is 0. The van der Waals surface area contributed by atoms with Crippen LogP contribution in [0, 0.1) is 0 Å². The highest BCUT2D eigenvalue weighted by atomic mass is 15.4. The lowest BCUT2D eigenvalue weighted by Crippen LogP contribution is -2.86. The average molecular weight is 184 g/mol. The quantitative estimate of drug-likeness (QED) is 0.398. The molecule has 2 aliphatic heterocycles. The Morgan fingerprint density at radius 3 is 2.31 bits per heavy atom. The summed E-state index contributed by atoms with van der Waals surface area (Å²) < 4.78 is 0. The molecule has 0 aromatic carbocycles. The third kappa shape index (κ3) is 1.38. The summed E-state index contributed by atoms with van der Waals surface area (Å²) in [5.41, 5.74) is -0.0688. The second kappa shape index (κ2) is 2.92. The fourth-order valence-electron chi connectivity index (χ4n) is 2.31. The molecule has 0 aliphatic carbocycles. The first-order chi connectivity index (χ1) is 6.06. The van der Waals surface area contributed by atoms with Crippen molar-refractivity contribution in [3.8, 4) is 0 Å². The number of hydrogen-bond donors (Lipinski definition) is 4. The number of piperazine rings is 2. The van der Waals surface area contributed by atoms with Gasteiger partial charge in [-0.25, -0.2) is 0 Å². The number of rotatable bonds is 0. The molecular formula is C9H20N4. The zero-order chi connectivity index (χ0) is 9.53. The average Bonchev–Trinajstić information content (AvgIpc) is 2.07. The van der Waals surface area contributed by atoms with Gasteiger partial charge in [0.05, 0.1) is 11.3 Å². The molecule has 0 radical (unpaired) electrons. The van der Waals surface area contributed by atoms with E-state index < -0.39 is 0 Å². The molecule has 0 spiro atoms. The molecule has 76 valence electrons. The van der Waals surface area contributed by atoms with Crippen LogP contribution in [0.25, 0.3) is 0 Å². The van der Waals surface area contributed by atoms with Gasteiger partial charge >= 0.3 is 0 Å². The minimum absolute atomic E-state index is 0.0300. The van der Waals surface area contributed by atoms with Crippen LogP contribution >= 0.6 is 0 Å². The number of nitrogens with one attached hydrogen (secondary N) is 4.